The number of carbonyl (C=O) groups excluding carboxylic acids is 1. The number of aliphatic hydroxyl groups excluding tert-OH is 5. The summed E-state index contributed by atoms with van der Waals surface area (Å²) in [7, 11) is 0. The summed E-state index contributed by atoms with van der Waals surface area (Å²) in [5.74, 6) is -0.176. The second-order valence-electron chi connectivity index (χ2n) is 19.4. The van der Waals surface area contributed by atoms with E-state index < -0.39 is 49.5 Å². The lowest BCUT2D eigenvalue weighted by molar-refractivity contribution is -0.302. The third-order valence-electron chi connectivity index (χ3n) is 13.2. The van der Waals surface area contributed by atoms with Crippen molar-refractivity contribution in [3.63, 3.8) is 0 Å². The Hall–Kier alpha value is -1.59. The molecule has 0 radical (unpaired) electrons. The molecular formula is C56H105NO8. The molecule has 1 fully saturated rings. The maximum absolute atomic E-state index is 13.0. The van der Waals surface area contributed by atoms with Crippen LogP contribution in [0.2, 0.25) is 0 Å². The first-order valence-electron chi connectivity index (χ1n) is 27.7. The zero-order valence-corrected chi connectivity index (χ0v) is 42.3. The van der Waals surface area contributed by atoms with Crippen molar-refractivity contribution in [2.24, 2.45) is 0 Å². The van der Waals surface area contributed by atoms with E-state index in [0.29, 0.717) is 6.42 Å². The Labute approximate surface area is 400 Å². The standard InChI is InChI=1S/C56H105NO8/c1-3-5-7-9-11-13-14-15-16-17-18-19-20-21-22-23-24-25-26-27-28-29-30-31-32-33-34-35-36-38-40-42-44-46-52(60)57-49(50(59)45-43-41-39-37-12-10-8-6-4-2)48-64-56-55(63)54(62)53(61)51(47-58)65-56/h14-15,17-18,43,45,49-51,53-56,58-59,61-63H,3-13,16,19-42,44,46-48H2,1-2H3,(H,57,60)/b15-14-,18-17-,45-43+. The van der Waals surface area contributed by atoms with Crippen LogP contribution in [0.4, 0.5) is 0 Å². The third-order valence-corrected chi connectivity index (χ3v) is 13.2. The number of allylic oxidation sites excluding steroid dienone is 5. The van der Waals surface area contributed by atoms with Gasteiger partial charge in [-0.15, -0.1) is 0 Å². The van der Waals surface area contributed by atoms with E-state index in [2.05, 4.69) is 43.5 Å². The Kier molecular flexibility index (Phi) is 43.6. The number of aliphatic hydroxyl groups is 5. The molecule has 1 saturated heterocycles. The van der Waals surface area contributed by atoms with E-state index >= 15 is 0 Å². The van der Waals surface area contributed by atoms with Gasteiger partial charge < -0.3 is 40.3 Å². The molecule has 0 spiro atoms. The smallest absolute Gasteiger partial charge is 0.220 e. The van der Waals surface area contributed by atoms with E-state index in [4.69, 9.17) is 9.47 Å². The predicted molar refractivity (Wildman–Crippen MR) is 272 cm³/mol. The number of nitrogens with one attached hydrogen (secondary N) is 1. The fourth-order valence-corrected chi connectivity index (χ4v) is 8.78. The van der Waals surface area contributed by atoms with Crippen molar-refractivity contribution in [2.75, 3.05) is 13.2 Å². The maximum atomic E-state index is 13.0. The quantitative estimate of drug-likeness (QED) is 0.0261. The number of carbonyl (C=O) groups is 1. The van der Waals surface area contributed by atoms with Crippen LogP contribution in [0.3, 0.4) is 0 Å². The number of ether oxygens (including phenoxy) is 2. The minimum Gasteiger partial charge on any atom is -0.394 e. The van der Waals surface area contributed by atoms with Crippen molar-refractivity contribution in [3.8, 4) is 0 Å². The molecule has 1 aliphatic rings. The fraction of sp³-hybridized carbons (Fsp3) is 0.875. The van der Waals surface area contributed by atoms with Crippen LogP contribution >= 0.6 is 0 Å². The molecule has 0 saturated carbocycles. The summed E-state index contributed by atoms with van der Waals surface area (Å²) in [6.07, 6.45) is 52.4. The third kappa shape index (κ3) is 36.1. The van der Waals surface area contributed by atoms with Crippen LogP contribution in [0.5, 0.6) is 0 Å². The summed E-state index contributed by atoms with van der Waals surface area (Å²) in [6.45, 7) is 3.74. The van der Waals surface area contributed by atoms with Gasteiger partial charge in [0.05, 0.1) is 25.4 Å². The molecule has 1 amide bonds. The van der Waals surface area contributed by atoms with Gasteiger partial charge in [0, 0.05) is 6.42 Å². The molecule has 0 aliphatic carbocycles. The van der Waals surface area contributed by atoms with Gasteiger partial charge in [0.1, 0.15) is 24.4 Å². The fourth-order valence-electron chi connectivity index (χ4n) is 8.78. The first-order valence-corrected chi connectivity index (χ1v) is 27.7. The van der Waals surface area contributed by atoms with E-state index in [1.54, 1.807) is 6.08 Å². The Morgan fingerprint density at radius 3 is 1.32 bits per heavy atom. The highest BCUT2D eigenvalue weighted by Crippen LogP contribution is 2.23. The predicted octanol–water partition coefficient (Wildman–Crippen LogP) is 13.2. The van der Waals surface area contributed by atoms with Gasteiger partial charge >= 0.3 is 0 Å². The van der Waals surface area contributed by atoms with E-state index in [-0.39, 0.29) is 12.5 Å². The molecule has 1 aliphatic heterocycles. The summed E-state index contributed by atoms with van der Waals surface area (Å²) in [5.41, 5.74) is 0. The molecule has 7 unspecified atom stereocenters. The van der Waals surface area contributed by atoms with E-state index in [9.17, 15) is 30.3 Å². The van der Waals surface area contributed by atoms with Crippen LogP contribution in [0.25, 0.3) is 0 Å². The normalized spacial score (nSPS) is 20.1. The zero-order chi connectivity index (χ0) is 47.3. The van der Waals surface area contributed by atoms with Crippen LogP contribution < -0.4 is 5.32 Å². The SMILES string of the molecule is CCCCCCC/C=C\C/C=C\CCCCCCCCCCCCCCCCCCCCCCCC(=O)NC(COC1OC(CO)C(O)C(O)C1O)C(O)/C=C/CCCCCCCCC. The van der Waals surface area contributed by atoms with Crippen molar-refractivity contribution in [2.45, 2.75) is 301 Å². The molecule has 9 nitrogen and oxygen atoms in total. The van der Waals surface area contributed by atoms with Gasteiger partial charge in [0.2, 0.25) is 5.91 Å². The zero-order valence-electron chi connectivity index (χ0n) is 42.3. The monoisotopic (exact) mass is 920 g/mol. The average molecular weight is 920 g/mol. The first kappa shape index (κ1) is 61.4. The van der Waals surface area contributed by atoms with Gasteiger partial charge in [-0.2, -0.15) is 0 Å². The van der Waals surface area contributed by atoms with Crippen LogP contribution in [-0.2, 0) is 14.3 Å². The molecule has 65 heavy (non-hydrogen) atoms. The van der Waals surface area contributed by atoms with Crippen LogP contribution in [-0.4, -0.2) is 87.5 Å². The summed E-state index contributed by atoms with van der Waals surface area (Å²) in [6, 6.07) is -0.800. The molecule has 1 rings (SSSR count). The molecule has 7 atom stereocenters. The Balaban J connectivity index is 2.06. The molecule has 1 heterocycles. The van der Waals surface area contributed by atoms with Crippen LogP contribution in [0, 0.1) is 0 Å². The maximum Gasteiger partial charge on any atom is 0.220 e. The molecule has 382 valence electrons. The van der Waals surface area contributed by atoms with Gasteiger partial charge in [0.15, 0.2) is 6.29 Å². The van der Waals surface area contributed by atoms with Crippen molar-refractivity contribution < 1.29 is 39.8 Å². The number of unbranched alkanes of at least 4 members (excludes halogenated alkanes) is 33. The molecule has 0 aromatic rings. The highest BCUT2D eigenvalue weighted by Gasteiger charge is 2.44. The first-order chi connectivity index (χ1) is 31.8. The van der Waals surface area contributed by atoms with Gasteiger partial charge in [0.25, 0.3) is 0 Å². The summed E-state index contributed by atoms with van der Waals surface area (Å²) in [4.78, 5) is 13.0. The molecule has 6 N–H and O–H groups in total. The number of hydrogen-bond acceptors (Lipinski definition) is 8. The van der Waals surface area contributed by atoms with Gasteiger partial charge in [-0.25, -0.2) is 0 Å². The van der Waals surface area contributed by atoms with Crippen molar-refractivity contribution in [1.29, 1.82) is 0 Å². The average Bonchev–Trinajstić information content (AvgIpc) is 3.31. The second-order valence-corrected chi connectivity index (χ2v) is 19.4. The van der Waals surface area contributed by atoms with Crippen molar-refractivity contribution >= 4 is 5.91 Å². The van der Waals surface area contributed by atoms with Gasteiger partial charge in [-0.05, 0) is 51.4 Å². The van der Waals surface area contributed by atoms with E-state index in [1.807, 2.05) is 6.08 Å². The molecule has 9 heteroatoms. The Morgan fingerprint density at radius 2 is 0.908 bits per heavy atom. The van der Waals surface area contributed by atoms with E-state index in [1.165, 1.54) is 193 Å². The molecule has 0 aromatic heterocycles. The minimum atomic E-state index is -1.56. The van der Waals surface area contributed by atoms with E-state index in [0.717, 1.165) is 44.9 Å². The Bertz CT molecular complexity index is 1110. The lowest BCUT2D eigenvalue weighted by atomic mass is 9.99. The minimum absolute atomic E-state index is 0.176. The van der Waals surface area contributed by atoms with Crippen LogP contribution in [0.15, 0.2) is 36.5 Å². The molecular weight excluding hydrogens is 815 g/mol. The largest absolute Gasteiger partial charge is 0.394 e. The van der Waals surface area contributed by atoms with Gasteiger partial charge in [-0.1, -0.05) is 237 Å². The summed E-state index contributed by atoms with van der Waals surface area (Å²) in [5, 5.41) is 54.2. The lowest BCUT2D eigenvalue weighted by Crippen LogP contribution is -2.60. The molecule has 0 aromatic carbocycles. The lowest BCUT2D eigenvalue weighted by Gasteiger charge is -2.40. The number of hydrogen-bond donors (Lipinski definition) is 6. The number of amides is 1. The Morgan fingerprint density at radius 1 is 0.523 bits per heavy atom. The second kappa shape index (κ2) is 46.2. The van der Waals surface area contributed by atoms with Crippen molar-refractivity contribution in [3.05, 3.63) is 36.5 Å². The highest BCUT2D eigenvalue weighted by atomic mass is 16.7. The van der Waals surface area contributed by atoms with Gasteiger partial charge in [-0.3, -0.25) is 4.79 Å². The van der Waals surface area contributed by atoms with Crippen molar-refractivity contribution in [1.82, 2.24) is 5.32 Å². The van der Waals surface area contributed by atoms with Crippen LogP contribution in [0.1, 0.15) is 258 Å². The summed E-state index contributed by atoms with van der Waals surface area (Å²) < 4.78 is 11.2. The number of rotatable bonds is 47. The highest BCUT2D eigenvalue weighted by molar-refractivity contribution is 5.76. The molecule has 0 bridgehead atoms. The summed E-state index contributed by atoms with van der Waals surface area (Å²) >= 11 is 0. The topological polar surface area (TPSA) is 149 Å².